The number of imidazole rings is 1. The topological polar surface area (TPSA) is 86.9 Å². The first-order chi connectivity index (χ1) is 14.9. The number of aliphatic hydroxyl groups is 1. The number of nitrogens with zero attached hydrogens (tertiary/aromatic N) is 4. The van der Waals surface area contributed by atoms with E-state index in [2.05, 4.69) is 25.5 Å². The number of hydrogen-bond acceptors (Lipinski definition) is 5. The molecular formula is C22H33FN6O2. The second-order valence-corrected chi connectivity index (χ2v) is 8.06. The number of hydrogen-bond donors (Lipinski definition) is 3. The molecule has 8 nitrogen and oxygen atoms in total. The van der Waals surface area contributed by atoms with Crippen LogP contribution in [0.25, 0.3) is 5.69 Å². The fraction of sp³-hybridized carbons (Fsp3) is 0.545. The number of aryl methyl sites for hydroxylation is 1. The summed E-state index contributed by atoms with van der Waals surface area (Å²) in [7, 11) is 0. The Kier molecular flexibility index (Phi) is 8.00. The highest BCUT2D eigenvalue weighted by atomic mass is 19.1. The van der Waals surface area contributed by atoms with Gasteiger partial charge >= 0.3 is 0 Å². The van der Waals surface area contributed by atoms with E-state index in [1.165, 1.54) is 6.07 Å². The van der Waals surface area contributed by atoms with Crippen molar-refractivity contribution in [2.75, 3.05) is 45.9 Å². The van der Waals surface area contributed by atoms with E-state index in [9.17, 15) is 9.50 Å². The second-order valence-electron chi connectivity index (χ2n) is 8.06. The van der Waals surface area contributed by atoms with Gasteiger partial charge in [0.2, 0.25) is 0 Å². The Bertz CT molecular complexity index is 877. The highest BCUT2D eigenvalue weighted by molar-refractivity contribution is 5.79. The number of halogens is 1. The Morgan fingerprint density at radius 1 is 1.32 bits per heavy atom. The number of guanidine groups is 1. The molecule has 0 aliphatic carbocycles. The molecular weight excluding hydrogens is 399 g/mol. The molecule has 3 N–H and O–H groups in total. The minimum Gasteiger partial charge on any atom is -0.387 e. The molecule has 0 radical (unpaired) electrons. The molecule has 31 heavy (non-hydrogen) atoms. The number of benzene rings is 1. The average molecular weight is 433 g/mol. The predicted octanol–water partition coefficient (Wildman–Crippen LogP) is 1.46. The van der Waals surface area contributed by atoms with E-state index in [1.807, 2.05) is 26.8 Å². The summed E-state index contributed by atoms with van der Waals surface area (Å²) >= 11 is 0. The number of β-amino-alcohol motifs (C(OH)–C–C–N with tert-alkyl or cyclic N) is 1. The van der Waals surface area contributed by atoms with Crippen LogP contribution in [0.2, 0.25) is 0 Å². The predicted molar refractivity (Wildman–Crippen MR) is 119 cm³/mol. The zero-order valence-corrected chi connectivity index (χ0v) is 18.6. The SMILES string of the molecule is CCNC(=NCc1ccc(-n2ccnc2C)c(F)c1)NCC(C)(O)CN1CCOCC1. The van der Waals surface area contributed by atoms with E-state index in [0.29, 0.717) is 51.0 Å². The summed E-state index contributed by atoms with van der Waals surface area (Å²) in [5, 5.41) is 17.1. The smallest absolute Gasteiger partial charge is 0.191 e. The third kappa shape index (κ3) is 6.75. The minimum atomic E-state index is -0.913. The van der Waals surface area contributed by atoms with Crippen LogP contribution >= 0.6 is 0 Å². The van der Waals surface area contributed by atoms with Crippen LogP contribution in [0.1, 0.15) is 25.2 Å². The van der Waals surface area contributed by atoms with Gasteiger partial charge in [-0.2, -0.15) is 0 Å². The molecule has 0 saturated carbocycles. The molecule has 0 bridgehead atoms. The molecule has 1 fully saturated rings. The fourth-order valence-electron chi connectivity index (χ4n) is 3.56. The van der Waals surface area contributed by atoms with E-state index in [1.54, 1.807) is 23.0 Å². The molecule has 1 atom stereocenters. The van der Waals surface area contributed by atoms with Crippen LogP contribution in [-0.2, 0) is 11.3 Å². The first-order valence-corrected chi connectivity index (χ1v) is 10.7. The molecule has 9 heteroatoms. The number of nitrogens with one attached hydrogen (secondary N) is 2. The summed E-state index contributed by atoms with van der Waals surface area (Å²) < 4.78 is 21.7. The van der Waals surface area contributed by atoms with Gasteiger partial charge < -0.3 is 25.0 Å². The number of rotatable bonds is 8. The number of aliphatic imine (C=N–C) groups is 1. The van der Waals surface area contributed by atoms with Crippen LogP contribution in [0.3, 0.4) is 0 Å². The number of ether oxygens (including phenoxy) is 1. The standard InChI is InChI=1S/C22H33FN6O2/c1-4-24-21(27-15-22(3,30)16-28-9-11-31-12-10-28)26-14-18-5-6-20(19(23)13-18)29-8-7-25-17(29)2/h5-8,13,30H,4,9-12,14-16H2,1-3H3,(H2,24,26,27). The Balaban J connectivity index is 1.60. The van der Waals surface area contributed by atoms with Gasteiger partial charge in [0.25, 0.3) is 0 Å². The third-order valence-corrected chi connectivity index (χ3v) is 5.17. The van der Waals surface area contributed by atoms with Crippen molar-refractivity contribution in [2.24, 2.45) is 4.99 Å². The monoisotopic (exact) mass is 432 g/mol. The Hall–Kier alpha value is -2.49. The van der Waals surface area contributed by atoms with Gasteiger partial charge in [-0.05, 0) is 38.5 Å². The van der Waals surface area contributed by atoms with Crippen molar-refractivity contribution in [1.82, 2.24) is 25.1 Å². The third-order valence-electron chi connectivity index (χ3n) is 5.17. The molecule has 1 aromatic heterocycles. The largest absolute Gasteiger partial charge is 0.387 e. The van der Waals surface area contributed by atoms with Crippen LogP contribution in [-0.4, -0.2) is 77.1 Å². The molecule has 3 rings (SSSR count). The summed E-state index contributed by atoms with van der Waals surface area (Å²) in [6, 6.07) is 5.10. The quantitative estimate of drug-likeness (QED) is 0.433. The van der Waals surface area contributed by atoms with Gasteiger partial charge in [0.05, 0.1) is 31.0 Å². The van der Waals surface area contributed by atoms with Crippen LogP contribution in [0, 0.1) is 12.7 Å². The summed E-state index contributed by atoms with van der Waals surface area (Å²) in [6.45, 7) is 10.6. The maximum absolute atomic E-state index is 14.6. The highest BCUT2D eigenvalue weighted by Crippen LogP contribution is 2.17. The molecule has 170 valence electrons. The number of aromatic nitrogens is 2. The van der Waals surface area contributed by atoms with Crippen molar-refractivity contribution in [3.63, 3.8) is 0 Å². The minimum absolute atomic E-state index is 0.319. The Labute approximate surface area is 183 Å². The van der Waals surface area contributed by atoms with Gasteiger partial charge in [0.1, 0.15) is 11.6 Å². The molecule has 1 unspecified atom stereocenters. The fourth-order valence-corrected chi connectivity index (χ4v) is 3.56. The van der Waals surface area contributed by atoms with Gasteiger partial charge in [-0.1, -0.05) is 6.07 Å². The van der Waals surface area contributed by atoms with Gasteiger partial charge in [-0.3, -0.25) is 4.90 Å². The summed E-state index contributed by atoms with van der Waals surface area (Å²) in [5.74, 6) is 0.993. The van der Waals surface area contributed by atoms with E-state index in [-0.39, 0.29) is 5.82 Å². The van der Waals surface area contributed by atoms with Crippen molar-refractivity contribution in [1.29, 1.82) is 0 Å². The lowest BCUT2D eigenvalue weighted by Crippen LogP contribution is -2.52. The molecule has 2 heterocycles. The maximum Gasteiger partial charge on any atom is 0.191 e. The summed E-state index contributed by atoms with van der Waals surface area (Å²) in [6.07, 6.45) is 3.39. The lowest BCUT2D eigenvalue weighted by Gasteiger charge is -2.34. The van der Waals surface area contributed by atoms with Crippen LogP contribution in [0.15, 0.2) is 35.6 Å². The van der Waals surface area contributed by atoms with Crippen LogP contribution in [0.5, 0.6) is 0 Å². The molecule has 1 aliphatic rings. The normalized spacial score (nSPS) is 17.4. The highest BCUT2D eigenvalue weighted by Gasteiger charge is 2.25. The van der Waals surface area contributed by atoms with Gasteiger partial charge in [0, 0.05) is 45.1 Å². The van der Waals surface area contributed by atoms with E-state index < -0.39 is 5.60 Å². The molecule has 1 saturated heterocycles. The maximum atomic E-state index is 14.6. The van der Waals surface area contributed by atoms with Gasteiger partial charge in [0.15, 0.2) is 5.96 Å². The first kappa shape index (κ1) is 23.2. The van der Waals surface area contributed by atoms with Crippen molar-refractivity contribution >= 4 is 5.96 Å². The Morgan fingerprint density at radius 2 is 2.10 bits per heavy atom. The second kappa shape index (κ2) is 10.7. The Morgan fingerprint density at radius 3 is 2.74 bits per heavy atom. The first-order valence-electron chi connectivity index (χ1n) is 10.7. The van der Waals surface area contributed by atoms with Crippen molar-refractivity contribution in [3.05, 3.63) is 47.8 Å². The molecule has 0 spiro atoms. The van der Waals surface area contributed by atoms with E-state index in [0.717, 1.165) is 24.5 Å². The molecule has 2 aromatic rings. The van der Waals surface area contributed by atoms with Crippen LogP contribution in [0.4, 0.5) is 4.39 Å². The molecule has 1 aliphatic heterocycles. The number of morpholine rings is 1. The van der Waals surface area contributed by atoms with Gasteiger partial charge in [-0.25, -0.2) is 14.4 Å². The molecule has 0 amide bonds. The molecule has 1 aromatic carbocycles. The average Bonchev–Trinajstić information content (AvgIpc) is 3.16. The van der Waals surface area contributed by atoms with Gasteiger partial charge in [-0.15, -0.1) is 0 Å². The van der Waals surface area contributed by atoms with Crippen molar-refractivity contribution in [2.45, 2.75) is 32.9 Å². The van der Waals surface area contributed by atoms with Crippen LogP contribution < -0.4 is 10.6 Å². The van der Waals surface area contributed by atoms with Crippen molar-refractivity contribution < 1.29 is 14.2 Å². The zero-order valence-electron chi connectivity index (χ0n) is 18.6. The summed E-state index contributed by atoms with van der Waals surface area (Å²) in [5.41, 5.74) is 0.312. The summed E-state index contributed by atoms with van der Waals surface area (Å²) in [4.78, 5) is 10.9. The van der Waals surface area contributed by atoms with E-state index >= 15 is 0 Å². The zero-order chi connectivity index (χ0) is 22.3. The van der Waals surface area contributed by atoms with E-state index in [4.69, 9.17) is 4.74 Å². The van der Waals surface area contributed by atoms with Crippen molar-refractivity contribution in [3.8, 4) is 5.69 Å². The lowest BCUT2D eigenvalue weighted by atomic mass is 10.1. The lowest BCUT2D eigenvalue weighted by molar-refractivity contribution is -0.0201.